The molecule has 3 rings (SSSR count). The Bertz CT molecular complexity index is 673. The SMILES string of the molecule is Cl.NCCCc1[nH]nc(N)c1-c1nc2ccccc2s1. The number of nitrogen functional groups attached to an aromatic ring is 1. The lowest BCUT2D eigenvalue weighted by Crippen LogP contribution is -2.01. The Hall–Kier alpha value is -1.63. The number of anilines is 1. The molecule has 7 heteroatoms. The third kappa shape index (κ3) is 2.63. The molecular weight excluding hydrogens is 294 g/mol. The number of H-pyrrole nitrogens is 1. The summed E-state index contributed by atoms with van der Waals surface area (Å²) in [6, 6.07) is 8.07. The van der Waals surface area contributed by atoms with Crippen LogP contribution in [0.25, 0.3) is 20.8 Å². The maximum absolute atomic E-state index is 5.96. The van der Waals surface area contributed by atoms with Crippen LogP contribution in [-0.4, -0.2) is 21.7 Å². The molecule has 106 valence electrons. The number of nitrogens with two attached hydrogens (primary N) is 2. The number of halogens is 1. The molecule has 5 N–H and O–H groups in total. The van der Waals surface area contributed by atoms with Gasteiger partial charge in [-0.25, -0.2) is 4.98 Å². The zero-order chi connectivity index (χ0) is 13.2. The molecule has 0 fully saturated rings. The van der Waals surface area contributed by atoms with Gasteiger partial charge in [-0.15, -0.1) is 23.7 Å². The highest BCUT2D eigenvalue weighted by atomic mass is 35.5. The molecular formula is C13H16ClN5S. The summed E-state index contributed by atoms with van der Waals surface area (Å²) >= 11 is 1.63. The molecule has 20 heavy (non-hydrogen) atoms. The fourth-order valence-electron chi connectivity index (χ4n) is 2.07. The number of nitrogens with one attached hydrogen (secondary N) is 1. The van der Waals surface area contributed by atoms with Gasteiger partial charge < -0.3 is 11.5 Å². The number of rotatable bonds is 4. The van der Waals surface area contributed by atoms with Gasteiger partial charge in [0.05, 0.1) is 15.8 Å². The van der Waals surface area contributed by atoms with Crippen LogP contribution in [-0.2, 0) is 6.42 Å². The summed E-state index contributed by atoms with van der Waals surface area (Å²) in [6.45, 7) is 0.651. The Labute approximate surface area is 126 Å². The molecule has 1 aromatic carbocycles. The van der Waals surface area contributed by atoms with Gasteiger partial charge in [0.2, 0.25) is 0 Å². The van der Waals surface area contributed by atoms with Gasteiger partial charge in [0.25, 0.3) is 0 Å². The Kier molecular flexibility index (Phi) is 4.59. The second-order valence-electron chi connectivity index (χ2n) is 4.34. The molecule has 2 heterocycles. The lowest BCUT2D eigenvalue weighted by Gasteiger charge is -1.99. The first-order valence-electron chi connectivity index (χ1n) is 6.18. The van der Waals surface area contributed by atoms with Gasteiger partial charge in [0, 0.05) is 5.69 Å². The van der Waals surface area contributed by atoms with Gasteiger partial charge in [0.15, 0.2) is 5.82 Å². The van der Waals surface area contributed by atoms with Crippen LogP contribution in [0.5, 0.6) is 0 Å². The summed E-state index contributed by atoms with van der Waals surface area (Å²) in [5.41, 5.74) is 14.4. The number of aromatic amines is 1. The lowest BCUT2D eigenvalue weighted by molar-refractivity contribution is 0.805. The van der Waals surface area contributed by atoms with E-state index in [0.717, 1.165) is 39.3 Å². The van der Waals surface area contributed by atoms with Crippen molar-refractivity contribution in [3.05, 3.63) is 30.0 Å². The molecule has 0 radical (unpaired) electrons. The topological polar surface area (TPSA) is 93.6 Å². The smallest absolute Gasteiger partial charge is 0.155 e. The molecule has 0 amide bonds. The third-order valence-corrected chi connectivity index (χ3v) is 4.06. The van der Waals surface area contributed by atoms with E-state index in [1.54, 1.807) is 11.3 Å². The number of thiazole rings is 1. The highest BCUT2D eigenvalue weighted by Gasteiger charge is 2.16. The van der Waals surface area contributed by atoms with Crippen molar-refractivity contribution in [1.29, 1.82) is 0 Å². The molecule has 5 nitrogen and oxygen atoms in total. The lowest BCUT2D eigenvalue weighted by atomic mass is 10.1. The van der Waals surface area contributed by atoms with Crippen LogP contribution >= 0.6 is 23.7 Å². The van der Waals surface area contributed by atoms with Crippen molar-refractivity contribution >= 4 is 39.8 Å². The van der Waals surface area contributed by atoms with E-state index in [2.05, 4.69) is 21.2 Å². The molecule has 3 aromatic rings. The first-order valence-corrected chi connectivity index (χ1v) is 7.00. The summed E-state index contributed by atoms with van der Waals surface area (Å²) in [6.07, 6.45) is 1.74. The van der Waals surface area contributed by atoms with Crippen molar-refractivity contribution in [1.82, 2.24) is 15.2 Å². The van der Waals surface area contributed by atoms with E-state index in [1.165, 1.54) is 0 Å². The van der Waals surface area contributed by atoms with E-state index in [-0.39, 0.29) is 12.4 Å². The summed E-state index contributed by atoms with van der Waals surface area (Å²) in [7, 11) is 0. The summed E-state index contributed by atoms with van der Waals surface area (Å²) in [4.78, 5) is 4.63. The first-order chi connectivity index (χ1) is 9.29. The molecule has 0 bridgehead atoms. The van der Waals surface area contributed by atoms with E-state index in [9.17, 15) is 0 Å². The minimum Gasteiger partial charge on any atom is -0.382 e. The minimum atomic E-state index is 0. The van der Waals surface area contributed by atoms with Gasteiger partial charge in [-0.1, -0.05) is 12.1 Å². The van der Waals surface area contributed by atoms with E-state index in [4.69, 9.17) is 11.5 Å². The fraction of sp³-hybridized carbons (Fsp3) is 0.231. The number of benzene rings is 1. The van der Waals surface area contributed by atoms with Crippen molar-refractivity contribution < 1.29 is 0 Å². The highest BCUT2D eigenvalue weighted by Crippen LogP contribution is 2.34. The number of hydrogen-bond donors (Lipinski definition) is 3. The number of fused-ring (bicyclic) bond motifs is 1. The molecule has 0 atom stereocenters. The molecule has 2 aromatic heterocycles. The Morgan fingerprint density at radius 3 is 2.80 bits per heavy atom. The Balaban J connectivity index is 0.00000147. The number of hydrogen-bond acceptors (Lipinski definition) is 5. The largest absolute Gasteiger partial charge is 0.382 e. The maximum atomic E-state index is 5.96. The van der Waals surface area contributed by atoms with Gasteiger partial charge >= 0.3 is 0 Å². The van der Waals surface area contributed by atoms with Crippen molar-refractivity contribution in [2.45, 2.75) is 12.8 Å². The van der Waals surface area contributed by atoms with Gasteiger partial charge in [-0.2, -0.15) is 5.10 Å². The number of aromatic nitrogens is 3. The molecule has 0 aliphatic heterocycles. The monoisotopic (exact) mass is 309 g/mol. The van der Waals surface area contributed by atoms with Crippen LogP contribution in [0, 0.1) is 0 Å². The summed E-state index contributed by atoms with van der Waals surface area (Å²) in [5, 5.41) is 8.00. The third-order valence-electron chi connectivity index (χ3n) is 3.01. The van der Waals surface area contributed by atoms with Crippen LogP contribution in [0.15, 0.2) is 24.3 Å². The van der Waals surface area contributed by atoms with Gasteiger partial charge in [0.1, 0.15) is 5.01 Å². The standard InChI is InChI=1S/C13H15N5S.ClH/c14-7-3-5-9-11(12(15)18-17-9)13-16-8-4-1-2-6-10(8)19-13;/h1-2,4,6H,3,5,7,14H2,(H3,15,17,18);1H. The molecule has 0 saturated carbocycles. The Morgan fingerprint density at radius 1 is 1.25 bits per heavy atom. The van der Waals surface area contributed by atoms with Crippen molar-refractivity contribution in [3.8, 4) is 10.6 Å². The van der Waals surface area contributed by atoms with Crippen molar-refractivity contribution in [2.24, 2.45) is 5.73 Å². The fourth-order valence-corrected chi connectivity index (χ4v) is 3.12. The van der Waals surface area contributed by atoms with E-state index >= 15 is 0 Å². The highest BCUT2D eigenvalue weighted by molar-refractivity contribution is 7.21. The van der Waals surface area contributed by atoms with Gasteiger partial charge in [-0.05, 0) is 31.5 Å². The van der Waals surface area contributed by atoms with E-state index in [0.29, 0.717) is 12.4 Å². The predicted octanol–water partition coefficient (Wildman–Crippen LogP) is 2.58. The minimum absolute atomic E-state index is 0. The van der Waals surface area contributed by atoms with Gasteiger partial charge in [-0.3, -0.25) is 5.10 Å². The van der Waals surface area contributed by atoms with Crippen LogP contribution in [0.4, 0.5) is 5.82 Å². The van der Waals surface area contributed by atoms with Crippen LogP contribution in [0.2, 0.25) is 0 Å². The summed E-state index contributed by atoms with van der Waals surface area (Å²) < 4.78 is 1.16. The zero-order valence-corrected chi connectivity index (χ0v) is 12.4. The van der Waals surface area contributed by atoms with Crippen LogP contribution in [0.3, 0.4) is 0 Å². The average molecular weight is 310 g/mol. The second-order valence-corrected chi connectivity index (χ2v) is 5.37. The zero-order valence-electron chi connectivity index (χ0n) is 10.8. The second kappa shape index (κ2) is 6.21. The first kappa shape index (κ1) is 14.8. The van der Waals surface area contributed by atoms with Crippen molar-refractivity contribution in [3.63, 3.8) is 0 Å². The summed E-state index contributed by atoms with van der Waals surface area (Å²) in [5.74, 6) is 0.506. The van der Waals surface area contributed by atoms with E-state index < -0.39 is 0 Å². The quantitative estimate of drug-likeness (QED) is 0.690. The average Bonchev–Trinajstić information content (AvgIpc) is 2.99. The molecule has 0 aliphatic rings. The van der Waals surface area contributed by atoms with Crippen LogP contribution < -0.4 is 11.5 Å². The number of para-hydroxylation sites is 1. The molecule has 0 aliphatic carbocycles. The van der Waals surface area contributed by atoms with E-state index in [1.807, 2.05) is 18.2 Å². The number of aryl methyl sites for hydroxylation is 1. The van der Waals surface area contributed by atoms with Crippen LogP contribution in [0.1, 0.15) is 12.1 Å². The Morgan fingerprint density at radius 2 is 2.05 bits per heavy atom. The van der Waals surface area contributed by atoms with Crippen molar-refractivity contribution in [2.75, 3.05) is 12.3 Å². The predicted molar refractivity (Wildman–Crippen MR) is 86.2 cm³/mol. The normalized spacial score (nSPS) is 10.7. The molecule has 0 spiro atoms. The molecule has 0 saturated heterocycles. The maximum Gasteiger partial charge on any atom is 0.155 e. The molecule has 0 unspecified atom stereocenters. The number of nitrogens with zero attached hydrogens (tertiary/aromatic N) is 2.